The van der Waals surface area contributed by atoms with E-state index in [1.54, 1.807) is 6.92 Å². The summed E-state index contributed by atoms with van der Waals surface area (Å²) >= 11 is 0. The Morgan fingerprint density at radius 3 is 2.56 bits per heavy atom. The average Bonchev–Trinajstić information content (AvgIpc) is 3.16. The summed E-state index contributed by atoms with van der Waals surface area (Å²) in [4.78, 5) is 25.4. The number of rotatable bonds is 5. The van der Waals surface area contributed by atoms with Crippen molar-refractivity contribution in [3.05, 3.63) is 23.5 Å². The molecule has 1 unspecified atom stereocenters. The topological polar surface area (TPSA) is 93.1 Å². The smallest absolute Gasteiger partial charge is 0.303 e. The molecule has 2 fully saturated rings. The first-order valence-electron chi connectivity index (χ1n) is 12.0. The standard InChI is InChI=1S/C26H40O6/c1-8-9-12-31-22-15(3)13-26(30)20(22)23(32-17(5)27)14(2)10-11-18-19(25(18,6)7)21(28)16(4)24(26)29/h15,18-20,22-23,29-30H,2,8-13H2,1,3-7H3/b24-16-/t15-,18-,19-,20+,22-,23?,26+/m0/s1. The Kier molecular flexibility index (Phi) is 6.98. The molecule has 0 radical (unpaired) electrons. The van der Waals surface area contributed by atoms with Crippen molar-refractivity contribution in [2.75, 3.05) is 6.61 Å². The lowest BCUT2D eigenvalue weighted by atomic mass is 9.78. The summed E-state index contributed by atoms with van der Waals surface area (Å²) in [6.45, 7) is 15.9. The third-order valence-electron chi connectivity index (χ3n) is 8.17. The van der Waals surface area contributed by atoms with Gasteiger partial charge in [-0.2, -0.15) is 0 Å². The van der Waals surface area contributed by atoms with Gasteiger partial charge < -0.3 is 19.7 Å². The summed E-state index contributed by atoms with van der Waals surface area (Å²) in [5, 5.41) is 23.3. The van der Waals surface area contributed by atoms with Crippen LogP contribution in [0.3, 0.4) is 0 Å². The molecule has 0 aromatic rings. The molecule has 7 atom stereocenters. The van der Waals surface area contributed by atoms with E-state index in [4.69, 9.17) is 9.47 Å². The van der Waals surface area contributed by atoms with Crippen molar-refractivity contribution in [1.82, 2.24) is 0 Å². The molecule has 0 bridgehead atoms. The van der Waals surface area contributed by atoms with E-state index in [0.29, 0.717) is 18.6 Å². The molecule has 0 aromatic heterocycles. The molecule has 3 aliphatic carbocycles. The monoisotopic (exact) mass is 448 g/mol. The van der Waals surface area contributed by atoms with Gasteiger partial charge in [-0.15, -0.1) is 0 Å². The highest BCUT2D eigenvalue weighted by Crippen LogP contribution is 2.62. The largest absolute Gasteiger partial charge is 0.509 e. The Hall–Kier alpha value is -1.66. The van der Waals surface area contributed by atoms with Gasteiger partial charge >= 0.3 is 5.97 Å². The van der Waals surface area contributed by atoms with Gasteiger partial charge in [0.25, 0.3) is 0 Å². The number of carbonyl (C=O) groups excluding carboxylic acids is 2. The lowest BCUT2D eigenvalue weighted by Crippen LogP contribution is -2.49. The summed E-state index contributed by atoms with van der Waals surface area (Å²) in [5.74, 6) is -1.77. The highest BCUT2D eigenvalue weighted by Gasteiger charge is 2.64. The number of unbranched alkanes of at least 4 members (excludes halogenated alkanes) is 1. The zero-order valence-corrected chi connectivity index (χ0v) is 20.4. The van der Waals surface area contributed by atoms with Crippen molar-refractivity contribution in [2.24, 2.45) is 29.1 Å². The van der Waals surface area contributed by atoms with E-state index in [0.717, 1.165) is 19.3 Å². The predicted octanol–water partition coefficient (Wildman–Crippen LogP) is 4.51. The molecule has 3 aliphatic rings. The number of esters is 1. The fraction of sp³-hybridized carbons (Fsp3) is 0.769. The van der Waals surface area contributed by atoms with Crippen LogP contribution >= 0.6 is 0 Å². The minimum atomic E-state index is -1.74. The number of hydrogen-bond donors (Lipinski definition) is 2. The van der Waals surface area contributed by atoms with Crippen LogP contribution in [0.5, 0.6) is 0 Å². The van der Waals surface area contributed by atoms with Crippen LogP contribution in [0, 0.1) is 29.1 Å². The molecule has 0 amide bonds. The SMILES string of the molecule is C=C1CC[C@H]2[C@@H](C(=O)/C(C)=C(\O)[C@@]3(O)C[C@H](C)[C@H](OCCCC)[C@@H]3C1OC(C)=O)C2(C)C. The molecule has 0 aromatic carbocycles. The van der Waals surface area contributed by atoms with Crippen molar-refractivity contribution in [3.8, 4) is 0 Å². The second-order valence-corrected chi connectivity index (χ2v) is 10.8. The number of Topliss-reactive ketones (excluding diaryl/α,β-unsaturated/α-hetero) is 1. The molecule has 2 saturated carbocycles. The van der Waals surface area contributed by atoms with Crippen LogP contribution in [0.15, 0.2) is 23.5 Å². The fourth-order valence-corrected chi connectivity index (χ4v) is 6.23. The first-order chi connectivity index (χ1) is 14.9. The van der Waals surface area contributed by atoms with Gasteiger partial charge in [-0.1, -0.05) is 40.7 Å². The van der Waals surface area contributed by atoms with E-state index in [-0.39, 0.29) is 46.7 Å². The average molecular weight is 449 g/mol. The van der Waals surface area contributed by atoms with Crippen molar-refractivity contribution in [3.63, 3.8) is 0 Å². The number of allylic oxidation sites excluding steroid dienone is 1. The van der Waals surface area contributed by atoms with Crippen molar-refractivity contribution in [1.29, 1.82) is 0 Å². The van der Waals surface area contributed by atoms with Gasteiger partial charge in [0.15, 0.2) is 5.78 Å². The Bertz CT molecular complexity index is 811. The van der Waals surface area contributed by atoms with E-state index < -0.39 is 29.7 Å². The Balaban J connectivity index is 2.12. The number of aliphatic hydroxyl groups is 2. The highest BCUT2D eigenvalue weighted by atomic mass is 16.5. The number of carbonyl (C=O) groups is 2. The summed E-state index contributed by atoms with van der Waals surface area (Å²) in [6.07, 6.45) is 2.13. The van der Waals surface area contributed by atoms with Crippen LogP contribution in [0.25, 0.3) is 0 Å². The molecule has 6 heteroatoms. The quantitative estimate of drug-likeness (QED) is 0.365. The van der Waals surface area contributed by atoms with Gasteiger partial charge in [0, 0.05) is 25.0 Å². The number of aliphatic hydroxyl groups excluding tert-OH is 1. The van der Waals surface area contributed by atoms with Crippen LogP contribution in [0.4, 0.5) is 0 Å². The van der Waals surface area contributed by atoms with Crippen LogP contribution in [-0.4, -0.2) is 46.4 Å². The van der Waals surface area contributed by atoms with Crippen LogP contribution in [0.1, 0.15) is 73.6 Å². The van der Waals surface area contributed by atoms with Crippen LogP contribution in [-0.2, 0) is 19.1 Å². The highest BCUT2D eigenvalue weighted by molar-refractivity contribution is 6.00. The lowest BCUT2D eigenvalue weighted by molar-refractivity contribution is -0.157. The second-order valence-electron chi connectivity index (χ2n) is 10.8. The first-order valence-corrected chi connectivity index (χ1v) is 12.0. The van der Waals surface area contributed by atoms with E-state index in [9.17, 15) is 19.8 Å². The summed E-state index contributed by atoms with van der Waals surface area (Å²) < 4.78 is 12.0. The molecule has 0 aliphatic heterocycles. The second kappa shape index (κ2) is 8.94. The van der Waals surface area contributed by atoms with Gasteiger partial charge in [-0.3, -0.25) is 9.59 Å². The molecule has 6 nitrogen and oxygen atoms in total. The molecular formula is C26H40O6. The van der Waals surface area contributed by atoms with Crippen LogP contribution < -0.4 is 0 Å². The normalized spacial score (nSPS) is 41.5. The Labute approximate surface area is 192 Å². The zero-order chi connectivity index (χ0) is 24.0. The van der Waals surface area contributed by atoms with Crippen LogP contribution in [0.2, 0.25) is 0 Å². The number of fused-ring (bicyclic) bond motifs is 2. The maximum absolute atomic E-state index is 13.3. The molecule has 2 N–H and O–H groups in total. The Morgan fingerprint density at radius 2 is 1.97 bits per heavy atom. The van der Waals surface area contributed by atoms with Crippen molar-refractivity contribution in [2.45, 2.75) is 91.5 Å². The summed E-state index contributed by atoms with van der Waals surface area (Å²) in [7, 11) is 0. The molecule has 32 heavy (non-hydrogen) atoms. The first kappa shape index (κ1) is 25.0. The minimum absolute atomic E-state index is 0.106. The van der Waals surface area contributed by atoms with E-state index in [1.807, 2.05) is 6.92 Å². The van der Waals surface area contributed by atoms with Gasteiger partial charge in [-0.25, -0.2) is 0 Å². The predicted molar refractivity (Wildman–Crippen MR) is 122 cm³/mol. The minimum Gasteiger partial charge on any atom is -0.509 e. The molecule has 180 valence electrons. The Morgan fingerprint density at radius 1 is 1.31 bits per heavy atom. The molecule has 0 heterocycles. The lowest BCUT2D eigenvalue weighted by Gasteiger charge is -2.38. The molecule has 0 saturated heterocycles. The molecule has 3 rings (SSSR count). The zero-order valence-electron chi connectivity index (χ0n) is 20.4. The summed E-state index contributed by atoms with van der Waals surface area (Å²) in [5.41, 5.74) is -1.01. The molecule has 0 spiro atoms. The van der Waals surface area contributed by atoms with Crippen molar-refractivity contribution >= 4 is 11.8 Å². The van der Waals surface area contributed by atoms with E-state index in [2.05, 4.69) is 27.4 Å². The number of ketones is 1. The van der Waals surface area contributed by atoms with E-state index >= 15 is 0 Å². The third kappa shape index (κ3) is 4.16. The van der Waals surface area contributed by atoms with Crippen molar-refractivity contribution < 1.29 is 29.3 Å². The number of ether oxygens (including phenoxy) is 2. The van der Waals surface area contributed by atoms with Gasteiger partial charge in [-0.05, 0) is 55.4 Å². The van der Waals surface area contributed by atoms with Gasteiger partial charge in [0.1, 0.15) is 17.5 Å². The van der Waals surface area contributed by atoms with Gasteiger partial charge in [0.05, 0.1) is 12.0 Å². The third-order valence-corrected chi connectivity index (χ3v) is 8.17. The van der Waals surface area contributed by atoms with Gasteiger partial charge in [0.2, 0.25) is 0 Å². The number of hydrogen-bond acceptors (Lipinski definition) is 6. The summed E-state index contributed by atoms with van der Waals surface area (Å²) in [6, 6.07) is 0. The maximum Gasteiger partial charge on any atom is 0.303 e. The molecular weight excluding hydrogens is 408 g/mol. The fourth-order valence-electron chi connectivity index (χ4n) is 6.23. The van der Waals surface area contributed by atoms with E-state index in [1.165, 1.54) is 6.92 Å². The maximum atomic E-state index is 13.3.